The third-order valence-electron chi connectivity index (χ3n) is 3.39. The Kier molecular flexibility index (Phi) is 6.39. The molecule has 3 nitrogen and oxygen atoms in total. The molecule has 0 heterocycles. The highest BCUT2D eigenvalue weighted by Crippen LogP contribution is 2.27. The first-order chi connectivity index (χ1) is 9.54. The van der Waals surface area contributed by atoms with Crippen molar-refractivity contribution in [1.82, 2.24) is 0 Å². The van der Waals surface area contributed by atoms with Crippen molar-refractivity contribution in [2.45, 2.75) is 37.6 Å². The summed E-state index contributed by atoms with van der Waals surface area (Å²) in [5, 5.41) is 0. The molecule has 0 saturated heterocycles. The maximum Gasteiger partial charge on any atom is 0.330 e. The SMILES string of the molecule is C=CCCCCCC(N)(C(=O)OC)c1ccc(F)cc1. The molecule has 0 radical (unpaired) electrons. The normalized spacial score (nSPS) is 13.6. The van der Waals surface area contributed by atoms with Gasteiger partial charge in [0.05, 0.1) is 7.11 Å². The molecule has 110 valence electrons. The third-order valence-corrected chi connectivity index (χ3v) is 3.39. The number of carbonyl (C=O) groups excluding carboxylic acids is 1. The van der Waals surface area contributed by atoms with E-state index in [9.17, 15) is 9.18 Å². The summed E-state index contributed by atoms with van der Waals surface area (Å²) >= 11 is 0. The standard InChI is InChI=1S/C16H22FNO2/c1-3-4-5-6-7-12-16(18,15(19)20-2)13-8-10-14(17)11-9-13/h3,8-11H,1,4-7,12,18H2,2H3. The maximum atomic E-state index is 13.0. The summed E-state index contributed by atoms with van der Waals surface area (Å²) in [7, 11) is 1.31. The van der Waals surface area contributed by atoms with Crippen LogP contribution in [0.4, 0.5) is 4.39 Å². The topological polar surface area (TPSA) is 52.3 Å². The fourth-order valence-corrected chi connectivity index (χ4v) is 2.16. The smallest absolute Gasteiger partial charge is 0.330 e. The number of hydrogen-bond acceptors (Lipinski definition) is 3. The number of hydrogen-bond donors (Lipinski definition) is 1. The van der Waals surface area contributed by atoms with Crippen molar-refractivity contribution in [3.8, 4) is 0 Å². The minimum Gasteiger partial charge on any atom is -0.467 e. The van der Waals surface area contributed by atoms with Crippen molar-refractivity contribution in [3.05, 3.63) is 48.3 Å². The van der Waals surface area contributed by atoms with Crippen molar-refractivity contribution in [2.24, 2.45) is 5.73 Å². The fourth-order valence-electron chi connectivity index (χ4n) is 2.16. The Balaban J connectivity index is 2.78. The number of halogens is 1. The van der Waals surface area contributed by atoms with Crippen LogP contribution < -0.4 is 5.73 Å². The van der Waals surface area contributed by atoms with Crippen LogP contribution in [0.3, 0.4) is 0 Å². The summed E-state index contributed by atoms with van der Waals surface area (Å²) in [5.74, 6) is -0.847. The molecule has 1 aromatic carbocycles. The molecular formula is C16H22FNO2. The molecule has 0 fully saturated rings. The lowest BCUT2D eigenvalue weighted by molar-refractivity contribution is -0.147. The first-order valence-corrected chi connectivity index (χ1v) is 6.79. The highest BCUT2D eigenvalue weighted by molar-refractivity contribution is 5.82. The third kappa shape index (κ3) is 4.17. The lowest BCUT2D eigenvalue weighted by Crippen LogP contribution is -2.45. The van der Waals surface area contributed by atoms with Crippen LogP contribution in [0.15, 0.2) is 36.9 Å². The van der Waals surface area contributed by atoms with Crippen LogP contribution in [0.2, 0.25) is 0 Å². The molecule has 1 unspecified atom stereocenters. The Morgan fingerprint density at radius 1 is 1.35 bits per heavy atom. The van der Waals surface area contributed by atoms with Gasteiger partial charge in [-0.15, -0.1) is 6.58 Å². The van der Waals surface area contributed by atoms with Crippen molar-refractivity contribution < 1.29 is 13.9 Å². The Morgan fingerprint density at radius 3 is 2.55 bits per heavy atom. The van der Waals surface area contributed by atoms with E-state index in [0.717, 1.165) is 25.7 Å². The number of allylic oxidation sites excluding steroid dienone is 1. The first kappa shape index (κ1) is 16.4. The zero-order chi connectivity index (χ0) is 15.0. The van der Waals surface area contributed by atoms with Crippen LogP contribution in [0, 0.1) is 5.82 Å². The van der Waals surface area contributed by atoms with Gasteiger partial charge in [-0.3, -0.25) is 0 Å². The molecule has 0 aliphatic carbocycles. The number of methoxy groups -OCH3 is 1. The monoisotopic (exact) mass is 279 g/mol. The average Bonchev–Trinajstić information content (AvgIpc) is 2.46. The van der Waals surface area contributed by atoms with E-state index in [1.807, 2.05) is 6.08 Å². The van der Waals surface area contributed by atoms with Crippen LogP contribution in [-0.2, 0) is 15.1 Å². The molecule has 0 saturated carbocycles. The number of ether oxygens (including phenoxy) is 1. The Morgan fingerprint density at radius 2 is 2.00 bits per heavy atom. The van der Waals surface area contributed by atoms with E-state index in [1.54, 1.807) is 0 Å². The predicted octanol–water partition coefficient (Wildman–Crippen LogP) is 3.29. The zero-order valence-corrected chi connectivity index (χ0v) is 11.9. The maximum absolute atomic E-state index is 13.0. The van der Waals surface area contributed by atoms with Crippen LogP contribution in [0.25, 0.3) is 0 Å². The molecule has 20 heavy (non-hydrogen) atoms. The van der Waals surface area contributed by atoms with E-state index < -0.39 is 11.5 Å². The van der Waals surface area contributed by atoms with Gasteiger partial charge >= 0.3 is 5.97 Å². The Bertz CT molecular complexity index is 444. The second-order valence-corrected chi connectivity index (χ2v) is 4.86. The number of carbonyl (C=O) groups is 1. The van der Waals surface area contributed by atoms with E-state index in [-0.39, 0.29) is 5.82 Å². The van der Waals surface area contributed by atoms with Crippen LogP contribution in [0.5, 0.6) is 0 Å². The molecular weight excluding hydrogens is 257 g/mol. The molecule has 1 atom stereocenters. The Hall–Kier alpha value is -1.68. The quantitative estimate of drug-likeness (QED) is 0.451. The van der Waals surface area contributed by atoms with Gasteiger partial charge in [0.15, 0.2) is 0 Å². The van der Waals surface area contributed by atoms with Crippen LogP contribution in [-0.4, -0.2) is 13.1 Å². The van der Waals surface area contributed by atoms with E-state index in [0.29, 0.717) is 12.0 Å². The number of unbranched alkanes of at least 4 members (excludes halogenated alkanes) is 3. The van der Waals surface area contributed by atoms with Crippen molar-refractivity contribution in [1.29, 1.82) is 0 Å². The second-order valence-electron chi connectivity index (χ2n) is 4.86. The minimum absolute atomic E-state index is 0.355. The summed E-state index contributed by atoms with van der Waals surface area (Å²) in [6.45, 7) is 3.67. The predicted molar refractivity (Wildman–Crippen MR) is 77.6 cm³/mol. The van der Waals surface area contributed by atoms with Gasteiger partial charge in [-0.25, -0.2) is 9.18 Å². The van der Waals surface area contributed by atoms with E-state index in [2.05, 4.69) is 6.58 Å². The summed E-state index contributed by atoms with van der Waals surface area (Å²) in [5.41, 5.74) is 5.59. The molecule has 0 amide bonds. The fraction of sp³-hybridized carbons (Fsp3) is 0.438. The minimum atomic E-state index is -1.21. The van der Waals surface area contributed by atoms with Crippen LogP contribution in [0.1, 0.15) is 37.7 Å². The van der Waals surface area contributed by atoms with E-state index >= 15 is 0 Å². The van der Waals surface area contributed by atoms with Gasteiger partial charge < -0.3 is 10.5 Å². The molecule has 0 aliphatic heterocycles. The number of esters is 1. The van der Waals surface area contributed by atoms with Gasteiger partial charge in [0, 0.05) is 0 Å². The molecule has 0 aromatic heterocycles. The highest BCUT2D eigenvalue weighted by atomic mass is 19.1. The molecule has 0 aliphatic rings. The first-order valence-electron chi connectivity index (χ1n) is 6.79. The molecule has 0 bridgehead atoms. The number of rotatable bonds is 8. The molecule has 2 N–H and O–H groups in total. The molecule has 1 aromatic rings. The van der Waals surface area contributed by atoms with Crippen LogP contribution >= 0.6 is 0 Å². The van der Waals surface area contributed by atoms with Gasteiger partial charge in [-0.1, -0.05) is 31.1 Å². The van der Waals surface area contributed by atoms with E-state index in [4.69, 9.17) is 10.5 Å². The zero-order valence-electron chi connectivity index (χ0n) is 11.9. The largest absolute Gasteiger partial charge is 0.467 e. The average molecular weight is 279 g/mol. The van der Waals surface area contributed by atoms with Gasteiger partial charge in [0.1, 0.15) is 11.4 Å². The summed E-state index contributed by atoms with van der Waals surface area (Å²) in [6, 6.07) is 5.68. The molecule has 4 heteroatoms. The summed E-state index contributed by atoms with van der Waals surface area (Å²) in [4.78, 5) is 12.0. The highest BCUT2D eigenvalue weighted by Gasteiger charge is 2.36. The van der Waals surface area contributed by atoms with Gasteiger partial charge in [0.2, 0.25) is 0 Å². The molecule has 1 rings (SSSR count). The van der Waals surface area contributed by atoms with Gasteiger partial charge in [-0.2, -0.15) is 0 Å². The Labute approximate surface area is 119 Å². The van der Waals surface area contributed by atoms with Crippen molar-refractivity contribution in [3.63, 3.8) is 0 Å². The number of benzene rings is 1. The van der Waals surface area contributed by atoms with Gasteiger partial charge in [0.25, 0.3) is 0 Å². The van der Waals surface area contributed by atoms with Crippen molar-refractivity contribution in [2.75, 3.05) is 7.11 Å². The molecule has 0 spiro atoms. The lowest BCUT2D eigenvalue weighted by atomic mass is 9.85. The second kappa shape index (κ2) is 7.80. The lowest BCUT2D eigenvalue weighted by Gasteiger charge is -2.27. The number of nitrogens with two attached hydrogens (primary N) is 1. The van der Waals surface area contributed by atoms with Crippen molar-refractivity contribution >= 4 is 5.97 Å². The van der Waals surface area contributed by atoms with E-state index in [1.165, 1.54) is 31.4 Å². The van der Waals surface area contributed by atoms with Gasteiger partial charge in [-0.05, 0) is 37.0 Å². The summed E-state index contributed by atoms with van der Waals surface area (Å²) < 4.78 is 17.8. The summed E-state index contributed by atoms with van der Waals surface area (Å²) in [6.07, 6.45) is 6.08.